The monoisotopic (exact) mass is 296 g/mol. The predicted octanol–water partition coefficient (Wildman–Crippen LogP) is -0.336. The number of β-amino-alcohol motifs (C(OH)–C–C–N with tert-alkyl or cyclic N) is 1. The van der Waals surface area contributed by atoms with E-state index in [9.17, 15) is 5.11 Å². The van der Waals surface area contributed by atoms with Crippen LogP contribution in [0.4, 0.5) is 11.6 Å². The van der Waals surface area contributed by atoms with E-state index in [2.05, 4.69) is 25.2 Å². The molecule has 1 saturated heterocycles. The van der Waals surface area contributed by atoms with Crippen molar-refractivity contribution in [1.29, 1.82) is 0 Å². The van der Waals surface area contributed by atoms with E-state index in [4.69, 9.17) is 10.6 Å². The zero-order chi connectivity index (χ0) is 15.5. The first-order valence-electron chi connectivity index (χ1n) is 7.00. The van der Waals surface area contributed by atoms with Crippen LogP contribution in [0.2, 0.25) is 0 Å². The summed E-state index contributed by atoms with van der Waals surface area (Å²) in [6, 6.07) is 0. The second-order valence-electron chi connectivity index (χ2n) is 5.80. The number of nitrogens with one attached hydrogen (secondary N) is 1. The first-order chi connectivity index (χ1) is 9.94. The molecule has 1 aromatic heterocycles. The highest BCUT2D eigenvalue weighted by molar-refractivity contribution is 5.64. The summed E-state index contributed by atoms with van der Waals surface area (Å²) in [4.78, 5) is 12.7. The van der Waals surface area contributed by atoms with E-state index in [0.717, 1.165) is 32.0 Å². The molecule has 0 atom stereocenters. The summed E-state index contributed by atoms with van der Waals surface area (Å²) >= 11 is 0. The summed E-state index contributed by atoms with van der Waals surface area (Å²) in [6.45, 7) is 7.67. The first-order valence-corrected chi connectivity index (χ1v) is 7.00. The van der Waals surface area contributed by atoms with Crippen LogP contribution in [-0.4, -0.2) is 65.4 Å². The van der Waals surface area contributed by atoms with E-state index in [-0.39, 0.29) is 0 Å². The van der Waals surface area contributed by atoms with Gasteiger partial charge in [-0.1, -0.05) is 0 Å². The molecule has 2 rings (SSSR count). The summed E-state index contributed by atoms with van der Waals surface area (Å²) in [5.74, 6) is 7.21. The van der Waals surface area contributed by atoms with Crippen molar-refractivity contribution in [2.45, 2.75) is 19.4 Å². The zero-order valence-electron chi connectivity index (χ0n) is 12.8. The Hall–Kier alpha value is -1.64. The smallest absolute Gasteiger partial charge is 0.205 e. The second kappa shape index (κ2) is 6.42. The molecule has 21 heavy (non-hydrogen) atoms. The van der Waals surface area contributed by atoms with Gasteiger partial charge in [-0.25, -0.2) is 15.8 Å². The van der Waals surface area contributed by atoms with Gasteiger partial charge >= 0.3 is 0 Å². The fourth-order valence-corrected chi connectivity index (χ4v) is 2.55. The molecule has 0 unspecified atom stereocenters. The minimum absolute atomic E-state index is 0.474. The highest BCUT2D eigenvalue weighted by Gasteiger charge is 2.25. The Kier molecular flexibility index (Phi) is 4.81. The Labute approximate surface area is 124 Å². The van der Waals surface area contributed by atoms with Crippen LogP contribution in [0.1, 0.15) is 13.8 Å². The van der Waals surface area contributed by atoms with Gasteiger partial charge in [-0.3, -0.25) is 4.90 Å². The Morgan fingerprint density at radius 1 is 1.33 bits per heavy atom. The average molecular weight is 296 g/mol. The fraction of sp³-hybridized carbons (Fsp3) is 0.692. The topological polar surface area (TPSA) is 99.8 Å². The fourth-order valence-electron chi connectivity index (χ4n) is 2.55. The molecular weight excluding hydrogens is 272 g/mol. The molecule has 2 heterocycles. The molecule has 0 spiro atoms. The number of aliphatic hydroxyl groups is 1. The van der Waals surface area contributed by atoms with Gasteiger partial charge < -0.3 is 20.2 Å². The van der Waals surface area contributed by atoms with Crippen LogP contribution < -0.4 is 20.9 Å². The molecule has 0 bridgehead atoms. The van der Waals surface area contributed by atoms with Gasteiger partial charge in [-0.2, -0.15) is 0 Å². The van der Waals surface area contributed by atoms with Crippen molar-refractivity contribution >= 4 is 11.6 Å². The number of anilines is 2. The van der Waals surface area contributed by atoms with Crippen molar-refractivity contribution in [1.82, 2.24) is 14.9 Å². The van der Waals surface area contributed by atoms with Crippen LogP contribution in [0.3, 0.4) is 0 Å². The molecule has 1 aliphatic heterocycles. The van der Waals surface area contributed by atoms with Gasteiger partial charge in [0.15, 0.2) is 11.6 Å². The van der Waals surface area contributed by atoms with Gasteiger partial charge in [0.25, 0.3) is 0 Å². The first kappa shape index (κ1) is 15.7. The van der Waals surface area contributed by atoms with Gasteiger partial charge in [0.2, 0.25) is 5.75 Å². The lowest BCUT2D eigenvalue weighted by Crippen LogP contribution is -2.50. The molecule has 118 valence electrons. The Morgan fingerprint density at radius 2 is 2.00 bits per heavy atom. The number of ether oxygens (including phenoxy) is 1. The quantitative estimate of drug-likeness (QED) is 0.501. The minimum Gasteiger partial charge on any atom is -0.490 e. The van der Waals surface area contributed by atoms with Gasteiger partial charge in [-0.15, -0.1) is 0 Å². The molecule has 0 amide bonds. The van der Waals surface area contributed by atoms with Gasteiger partial charge in [0.05, 0.1) is 12.7 Å². The number of piperazine rings is 1. The van der Waals surface area contributed by atoms with Gasteiger partial charge in [0.1, 0.15) is 6.33 Å². The Morgan fingerprint density at radius 3 is 2.52 bits per heavy atom. The number of hydrogen-bond acceptors (Lipinski definition) is 8. The average Bonchev–Trinajstić information content (AvgIpc) is 2.45. The largest absolute Gasteiger partial charge is 0.490 e. The van der Waals surface area contributed by atoms with Crippen molar-refractivity contribution in [3.8, 4) is 5.75 Å². The maximum atomic E-state index is 9.89. The van der Waals surface area contributed by atoms with Gasteiger partial charge in [-0.05, 0) is 13.8 Å². The highest BCUT2D eigenvalue weighted by atomic mass is 16.5. The van der Waals surface area contributed by atoms with Crippen LogP contribution in [0.25, 0.3) is 0 Å². The molecule has 4 N–H and O–H groups in total. The molecule has 8 heteroatoms. The third kappa shape index (κ3) is 3.93. The third-order valence-electron chi connectivity index (χ3n) is 3.41. The lowest BCUT2D eigenvalue weighted by Gasteiger charge is -2.38. The molecule has 0 saturated carbocycles. The van der Waals surface area contributed by atoms with Crippen molar-refractivity contribution in [3.05, 3.63) is 6.33 Å². The Bertz CT molecular complexity index is 468. The van der Waals surface area contributed by atoms with Crippen LogP contribution in [-0.2, 0) is 0 Å². The number of nitrogen functional groups attached to an aromatic ring is 1. The number of hydrogen-bond donors (Lipinski definition) is 3. The number of rotatable bonds is 5. The summed E-state index contributed by atoms with van der Waals surface area (Å²) in [5.41, 5.74) is 1.84. The number of hydrazine groups is 1. The summed E-state index contributed by atoms with van der Waals surface area (Å²) in [6.07, 6.45) is 1.47. The molecule has 1 fully saturated rings. The van der Waals surface area contributed by atoms with Crippen LogP contribution in [0.5, 0.6) is 5.75 Å². The van der Waals surface area contributed by atoms with Crippen molar-refractivity contribution in [3.63, 3.8) is 0 Å². The number of nitrogens with two attached hydrogens (primary N) is 1. The SMILES string of the molecule is COc1c(NN)ncnc1N1CCN(CC(C)(C)O)CC1. The summed E-state index contributed by atoms with van der Waals surface area (Å²) in [5, 5.41) is 9.89. The molecule has 0 radical (unpaired) electrons. The van der Waals surface area contributed by atoms with Crippen molar-refractivity contribution in [2.75, 3.05) is 50.2 Å². The highest BCUT2D eigenvalue weighted by Crippen LogP contribution is 2.31. The zero-order valence-corrected chi connectivity index (χ0v) is 12.8. The molecule has 8 nitrogen and oxygen atoms in total. The van der Waals surface area contributed by atoms with E-state index in [1.807, 2.05) is 13.8 Å². The lowest BCUT2D eigenvalue weighted by molar-refractivity contribution is 0.0344. The molecule has 1 aliphatic rings. The second-order valence-corrected chi connectivity index (χ2v) is 5.80. The summed E-state index contributed by atoms with van der Waals surface area (Å²) in [7, 11) is 1.58. The third-order valence-corrected chi connectivity index (χ3v) is 3.41. The normalized spacial score (nSPS) is 16.9. The van der Waals surface area contributed by atoms with Crippen LogP contribution in [0.15, 0.2) is 6.33 Å². The van der Waals surface area contributed by atoms with E-state index < -0.39 is 5.60 Å². The minimum atomic E-state index is -0.675. The molecule has 1 aromatic rings. The molecular formula is C13H24N6O2. The van der Waals surface area contributed by atoms with Crippen molar-refractivity contribution in [2.24, 2.45) is 5.84 Å². The van der Waals surface area contributed by atoms with Gasteiger partial charge in [0, 0.05) is 32.7 Å². The van der Waals surface area contributed by atoms with Crippen LogP contribution in [0, 0.1) is 0 Å². The van der Waals surface area contributed by atoms with E-state index in [1.165, 1.54) is 6.33 Å². The lowest BCUT2D eigenvalue weighted by atomic mass is 10.1. The molecule has 0 aromatic carbocycles. The van der Waals surface area contributed by atoms with E-state index in [0.29, 0.717) is 18.1 Å². The summed E-state index contributed by atoms with van der Waals surface area (Å²) < 4.78 is 5.37. The van der Waals surface area contributed by atoms with E-state index in [1.54, 1.807) is 7.11 Å². The molecule has 0 aliphatic carbocycles. The number of methoxy groups -OCH3 is 1. The Balaban J connectivity index is 2.06. The van der Waals surface area contributed by atoms with Crippen LogP contribution >= 0.6 is 0 Å². The number of nitrogens with zero attached hydrogens (tertiary/aromatic N) is 4. The van der Waals surface area contributed by atoms with Crippen molar-refractivity contribution < 1.29 is 9.84 Å². The predicted molar refractivity (Wildman–Crippen MR) is 81.3 cm³/mol. The van der Waals surface area contributed by atoms with E-state index >= 15 is 0 Å². The maximum absolute atomic E-state index is 9.89. The standard InChI is InChI=1S/C13H24N6O2/c1-13(2,20)8-18-4-6-19(7-5-18)12-10(21-3)11(17-14)15-9-16-12/h9,20H,4-8,14H2,1-3H3,(H,15,16,17). The number of aromatic nitrogens is 2. The maximum Gasteiger partial charge on any atom is 0.205 e.